The van der Waals surface area contributed by atoms with Crippen LogP contribution in [0.4, 0.5) is 0 Å². The number of benzene rings is 1. The second-order valence-corrected chi connectivity index (χ2v) is 7.70. The fraction of sp³-hybridized carbons (Fsp3) is 0.368. The van der Waals surface area contributed by atoms with E-state index in [9.17, 15) is 9.59 Å². The first kappa shape index (κ1) is 18.0. The molecule has 1 N–H and O–H groups in total. The second kappa shape index (κ2) is 8.02. The highest BCUT2D eigenvalue weighted by Crippen LogP contribution is 2.30. The maximum absolute atomic E-state index is 12.8. The molecule has 25 heavy (non-hydrogen) atoms. The highest BCUT2D eigenvalue weighted by atomic mass is 35.5. The van der Waals surface area contributed by atoms with Crippen molar-refractivity contribution in [3.8, 4) is 10.4 Å². The average Bonchev–Trinajstić information content (AvgIpc) is 3.12. The SMILES string of the molecule is CCC(=O)NC1CCCN(C(=O)c2ccc(-c3ccc(Cl)cc3)s2)C1. The Balaban J connectivity index is 1.68. The lowest BCUT2D eigenvalue weighted by atomic mass is 10.1. The number of likely N-dealkylation sites (tertiary alicyclic amines) is 1. The third-order valence-electron chi connectivity index (χ3n) is 4.34. The molecule has 3 rings (SSSR count). The van der Waals surface area contributed by atoms with E-state index in [0.29, 0.717) is 18.0 Å². The van der Waals surface area contributed by atoms with Gasteiger partial charge in [0.1, 0.15) is 0 Å². The summed E-state index contributed by atoms with van der Waals surface area (Å²) < 4.78 is 0. The van der Waals surface area contributed by atoms with Gasteiger partial charge in [-0.1, -0.05) is 30.7 Å². The summed E-state index contributed by atoms with van der Waals surface area (Å²) in [4.78, 5) is 28.0. The van der Waals surface area contributed by atoms with Crippen molar-refractivity contribution in [1.29, 1.82) is 0 Å². The predicted molar refractivity (Wildman–Crippen MR) is 102 cm³/mol. The zero-order valence-electron chi connectivity index (χ0n) is 14.1. The van der Waals surface area contributed by atoms with Crippen LogP contribution in [0.2, 0.25) is 5.02 Å². The van der Waals surface area contributed by atoms with Crippen molar-refractivity contribution in [2.45, 2.75) is 32.2 Å². The molecule has 0 radical (unpaired) electrons. The molecule has 1 aliphatic heterocycles. The first-order valence-electron chi connectivity index (χ1n) is 8.51. The van der Waals surface area contributed by atoms with Crippen molar-refractivity contribution in [3.63, 3.8) is 0 Å². The van der Waals surface area contributed by atoms with E-state index < -0.39 is 0 Å². The number of nitrogens with one attached hydrogen (secondary N) is 1. The Morgan fingerprint density at radius 1 is 1.24 bits per heavy atom. The zero-order valence-corrected chi connectivity index (χ0v) is 15.7. The summed E-state index contributed by atoms with van der Waals surface area (Å²) in [5.41, 5.74) is 1.06. The predicted octanol–water partition coefficient (Wildman–Crippen LogP) is 4.20. The summed E-state index contributed by atoms with van der Waals surface area (Å²) in [6.45, 7) is 3.16. The van der Waals surface area contributed by atoms with Gasteiger partial charge in [0, 0.05) is 35.5 Å². The molecule has 132 valence electrons. The van der Waals surface area contributed by atoms with Gasteiger partial charge < -0.3 is 10.2 Å². The third kappa shape index (κ3) is 4.41. The molecule has 4 nitrogen and oxygen atoms in total. The lowest BCUT2D eigenvalue weighted by molar-refractivity contribution is -0.121. The number of carbonyl (C=O) groups excluding carboxylic acids is 2. The molecule has 2 amide bonds. The van der Waals surface area contributed by atoms with Gasteiger partial charge in [-0.15, -0.1) is 11.3 Å². The van der Waals surface area contributed by atoms with Crippen molar-refractivity contribution >= 4 is 34.8 Å². The molecule has 0 bridgehead atoms. The molecule has 2 aromatic rings. The number of thiophene rings is 1. The fourth-order valence-electron chi connectivity index (χ4n) is 2.99. The Morgan fingerprint density at radius 3 is 2.72 bits per heavy atom. The van der Waals surface area contributed by atoms with Crippen LogP contribution < -0.4 is 5.32 Å². The fourth-order valence-corrected chi connectivity index (χ4v) is 4.09. The van der Waals surface area contributed by atoms with E-state index >= 15 is 0 Å². The van der Waals surface area contributed by atoms with Gasteiger partial charge in [0.05, 0.1) is 4.88 Å². The standard InChI is InChI=1S/C19H21ClN2O2S/c1-2-18(23)21-15-4-3-11-22(12-15)19(24)17-10-9-16(25-17)13-5-7-14(20)8-6-13/h5-10,15H,2-4,11-12H2,1H3,(H,21,23). The van der Waals surface area contributed by atoms with Crippen molar-refractivity contribution in [2.75, 3.05) is 13.1 Å². The van der Waals surface area contributed by atoms with Crippen molar-refractivity contribution in [3.05, 3.63) is 46.3 Å². The van der Waals surface area contributed by atoms with Crippen LogP contribution in [0.3, 0.4) is 0 Å². The third-order valence-corrected chi connectivity index (χ3v) is 5.71. The number of piperidine rings is 1. The maximum Gasteiger partial charge on any atom is 0.264 e. The number of hydrogen-bond donors (Lipinski definition) is 1. The minimum absolute atomic E-state index is 0.0421. The van der Waals surface area contributed by atoms with Crippen molar-refractivity contribution in [1.82, 2.24) is 10.2 Å². The molecule has 0 aliphatic carbocycles. The van der Waals surface area contributed by atoms with Crippen LogP contribution in [0.5, 0.6) is 0 Å². The lowest BCUT2D eigenvalue weighted by Crippen LogP contribution is -2.49. The molecule has 0 saturated carbocycles. The van der Waals surface area contributed by atoms with E-state index in [-0.39, 0.29) is 17.9 Å². The summed E-state index contributed by atoms with van der Waals surface area (Å²) in [6, 6.07) is 11.5. The van der Waals surface area contributed by atoms with E-state index in [1.165, 1.54) is 11.3 Å². The van der Waals surface area contributed by atoms with E-state index in [1.54, 1.807) is 0 Å². The highest BCUT2D eigenvalue weighted by molar-refractivity contribution is 7.17. The van der Waals surface area contributed by atoms with Crippen LogP contribution in [0.15, 0.2) is 36.4 Å². The van der Waals surface area contributed by atoms with E-state index in [4.69, 9.17) is 11.6 Å². The maximum atomic E-state index is 12.8. The Bertz CT molecular complexity index is 757. The molecule has 1 unspecified atom stereocenters. The van der Waals surface area contributed by atoms with Crippen molar-refractivity contribution in [2.24, 2.45) is 0 Å². The van der Waals surface area contributed by atoms with Crippen LogP contribution in [-0.2, 0) is 4.79 Å². The molecule has 0 spiro atoms. The topological polar surface area (TPSA) is 49.4 Å². The molecular weight excluding hydrogens is 356 g/mol. The number of hydrogen-bond acceptors (Lipinski definition) is 3. The van der Waals surface area contributed by atoms with Gasteiger partial charge in [0.25, 0.3) is 5.91 Å². The van der Waals surface area contributed by atoms with Crippen LogP contribution in [-0.4, -0.2) is 35.8 Å². The van der Waals surface area contributed by atoms with Crippen LogP contribution in [0.25, 0.3) is 10.4 Å². The first-order chi connectivity index (χ1) is 12.1. The summed E-state index contributed by atoms with van der Waals surface area (Å²) >= 11 is 7.42. The normalized spacial score (nSPS) is 17.4. The molecule has 1 saturated heterocycles. The second-order valence-electron chi connectivity index (χ2n) is 6.18. The average molecular weight is 377 g/mol. The minimum Gasteiger partial charge on any atom is -0.352 e. The van der Waals surface area contributed by atoms with Gasteiger partial charge in [-0.05, 0) is 42.7 Å². The number of amides is 2. The molecular formula is C19H21ClN2O2S. The Labute approximate surface area is 156 Å². The monoisotopic (exact) mass is 376 g/mol. The Kier molecular flexibility index (Phi) is 5.76. The highest BCUT2D eigenvalue weighted by Gasteiger charge is 2.26. The molecule has 1 aliphatic rings. The summed E-state index contributed by atoms with van der Waals surface area (Å²) in [6.07, 6.45) is 2.31. The smallest absolute Gasteiger partial charge is 0.264 e. The molecule has 1 atom stereocenters. The van der Waals surface area contributed by atoms with Gasteiger partial charge >= 0.3 is 0 Å². The first-order valence-corrected chi connectivity index (χ1v) is 9.70. The molecule has 1 fully saturated rings. The summed E-state index contributed by atoms with van der Waals surface area (Å²) in [5, 5.41) is 3.70. The van der Waals surface area contributed by atoms with Crippen molar-refractivity contribution < 1.29 is 9.59 Å². The van der Waals surface area contributed by atoms with E-state index in [1.807, 2.05) is 48.2 Å². The number of rotatable bonds is 4. The molecule has 2 heterocycles. The van der Waals surface area contributed by atoms with E-state index in [2.05, 4.69) is 5.32 Å². The van der Waals surface area contributed by atoms with Crippen LogP contribution in [0.1, 0.15) is 35.9 Å². The molecule has 1 aromatic carbocycles. The molecule has 6 heteroatoms. The summed E-state index contributed by atoms with van der Waals surface area (Å²) in [7, 11) is 0. The number of halogens is 1. The zero-order chi connectivity index (χ0) is 17.8. The largest absolute Gasteiger partial charge is 0.352 e. The number of carbonyl (C=O) groups is 2. The van der Waals surface area contributed by atoms with Crippen LogP contribution >= 0.6 is 22.9 Å². The van der Waals surface area contributed by atoms with E-state index in [0.717, 1.165) is 34.7 Å². The van der Waals surface area contributed by atoms with Crippen LogP contribution in [0, 0.1) is 0 Å². The quantitative estimate of drug-likeness (QED) is 0.869. The van der Waals surface area contributed by atoms with Gasteiger partial charge in [-0.2, -0.15) is 0 Å². The lowest BCUT2D eigenvalue weighted by Gasteiger charge is -2.32. The van der Waals surface area contributed by atoms with Gasteiger partial charge in [-0.3, -0.25) is 9.59 Å². The van der Waals surface area contributed by atoms with Gasteiger partial charge in [0.15, 0.2) is 0 Å². The van der Waals surface area contributed by atoms with Gasteiger partial charge in [-0.25, -0.2) is 0 Å². The molecule has 1 aromatic heterocycles. The Morgan fingerprint density at radius 2 is 2.00 bits per heavy atom. The number of nitrogens with zero attached hydrogens (tertiary/aromatic N) is 1. The minimum atomic E-state index is 0.0421. The summed E-state index contributed by atoms with van der Waals surface area (Å²) in [5.74, 6) is 0.0844. The Hall–Kier alpha value is -1.85. The van der Waals surface area contributed by atoms with Gasteiger partial charge in [0.2, 0.25) is 5.91 Å².